The van der Waals surface area contributed by atoms with Crippen molar-refractivity contribution < 1.29 is 47.3 Å². The maximum absolute atomic E-state index is 11.2. The molecular weight excluding hydrogens is 455 g/mol. The van der Waals surface area contributed by atoms with Crippen LogP contribution < -0.4 is 34.3 Å². The molecule has 4 nitrogen and oxygen atoms in total. The van der Waals surface area contributed by atoms with Crippen molar-refractivity contribution in [2.45, 2.75) is 136 Å². The molecule has 0 heterocycles. The van der Waals surface area contributed by atoms with Crippen LogP contribution in [0.3, 0.4) is 0 Å². The van der Waals surface area contributed by atoms with E-state index in [9.17, 15) is 13.0 Å². The SMILES string of the molecule is CCCCCCCCCc1ccc(OC(CC)CS(=O)(=O)[O-])c(CCCCCCCCC)c1.[Na+]. The number of hydrogen-bond acceptors (Lipinski definition) is 4. The van der Waals surface area contributed by atoms with Crippen LogP contribution in [0.5, 0.6) is 5.75 Å². The molecule has 1 rings (SSSR count). The van der Waals surface area contributed by atoms with Gasteiger partial charge < -0.3 is 9.29 Å². The third kappa shape index (κ3) is 17.4. The van der Waals surface area contributed by atoms with Crippen molar-refractivity contribution in [1.82, 2.24) is 0 Å². The minimum Gasteiger partial charge on any atom is -0.748 e. The standard InChI is InChI=1S/C28H50O4S.Na/c1-4-7-9-11-13-15-17-19-25-21-22-28(32-27(6-3)24-33(29,30)31)26(23-25)20-18-16-14-12-10-8-5-2;/h21-23,27H,4-20,24H2,1-3H3,(H,29,30,31);/q;+1/p-1. The van der Waals surface area contributed by atoms with Crippen LogP contribution in [0, 0.1) is 0 Å². The van der Waals surface area contributed by atoms with E-state index in [2.05, 4.69) is 26.0 Å². The molecule has 1 aromatic rings. The van der Waals surface area contributed by atoms with Gasteiger partial charge in [0, 0.05) is 0 Å². The summed E-state index contributed by atoms with van der Waals surface area (Å²) in [7, 11) is -4.31. The molecule has 0 aliphatic heterocycles. The first kappa shape index (κ1) is 33.9. The van der Waals surface area contributed by atoms with Gasteiger partial charge in [0.05, 0.1) is 15.9 Å². The number of rotatable bonds is 21. The molecule has 34 heavy (non-hydrogen) atoms. The number of ether oxygens (including phenoxy) is 1. The van der Waals surface area contributed by atoms with Crippen molar-refractivity contribution in [2.75, 3.05) is 5.75 Å². The normalized spacial score (nSPS) is 12.4. The van der Waals surface area contributed by atoms with E-state index < -0.39 is 22.0 Å². The van der Waals surface area contributed by atoms with Crippen molar-refractivity contribution in [3.63, 3.8) is 0 Å². The second-order valence-electron chi connectivity index (χ2n) is 9.56. The van der Waals surface area contributed by atoms with Crippen molar-refractivity contribution in [3.05, 3.63) is 29.3 Å². The molecule has 0 aliphatic carbocycles. The van der Waals surface area contributed by atoms with Crippen LogP contribution in [0.1, 0.15) is 128 Å². The molecule has 0 spiro atoms. The molecule has 0 aromatic heterocycles. The van der Waals surface area contributed by atoms with Crippen molar-refractivity contribution in [1.29, 1.82) is 0 Å². The van der Waals surface area contributed by atoms with Gasteiger partial charge in [-0.1, -0.05) is 110 Å². The quantitative estimate of drug-likeness (QED) is 0.135. The topological polar surface area (TPSA) is 66.4 Å². The minimum absolute atomic E-state index is 0. The van der Waals surface area contributed by atoms with E-state index in [1.54, 1.807) is 0 Å². The molecule has 0 N–H and O–H groups in total. The summed E-state index contributed by atoms with van der Waals surface area (Å²) >= 11 is 0. The molecule has 6 heteroatoms. The second-order valence-corrected chi connectivity index (χ2v) is 11.0. The fraction of sp³-hybridized carbons (Fsp3) is 0.786. The van der Waals surface area contributed by atoms with Crippen LogP contribution in [0.4, 0.5) is 0 Å². The van der Waals surface area contributed by atoms with E-state index >= 15 is 0 Å². The van der Waals surface area contributed by atoms with Gasteiger partial charge in [0.15, 0.2) is 0 Å². The first-order valence-corrected chi connectivity index (χ1v) is 15.2. The molecule has 1 atom stereocenters. The van der Waals surface area contributed by atoms with Gasteiger partial charge >= 0.3 is 29.6 Å². The number of hydrogen-bond donors (Lipinski definition) is 0. The maximum Gasteiger partial charge on any atom is 1.00 e. The summed E-state index contributed by atoms with van der Waals surface area (Å²) in [5, 5.41) is 0. The average Bonchev–Trinajstić information content (AvgIpc) is 2.77. The van der Waals surface area contributed by atoms with Gasteiger partial charge in [-0.15, -0.1) is 0 Å². The van der Waals surface area contributed by atoms with Crippen LogP contribution in [-0.4, -0.2) is 24.8 Å². The summed E-state index contributed by atoms with van der Waals surface area (Å²) in [5.74, 6) is 0.278. The second kappa shape index (κ2) is 21.1. The summed E-state index contributed by atoms with van der Waals surface area (Å²) in [6.07, 6.45) is 19.8. The zero-order chi connectivity index (χ0) is 24.4. The molecule has 0 aliphatic rings. The first-order chi connectivity index (χ1) is 15.9. The van der Waals surface area contributed by atoms with E-state index in [4.69, 9.17) is 4.74 Å². The van der Waals surface area contributed by atoms with Crippen LogP contribution in [0.15, 0.2) is 18.2 Å². The van der Waals surface area contributed by atoms with Crippen molar-refractivity contribution >= 4 is 10.1 Å². The molecular formula is C28H49NaO4S. The van der Waals surface area contributed by atoms with Gasteiger partial charge in [0.25, 0.3) is 0 Å². The fourth-order valence-corrected chi connectivity index (χ4v) is 5.06. The van der Waals surface area contributed by atoms with E-state index in [-0.39, 0.29) is 29.6 Å². The Hall–Kier alpha value is -0.0700. The van der Waals surface area contributed by atoms with Gasteiger partial charge in [0.1, 0.15) is 11.9 Å². The molecule has 0 amide bonds. The average molecular weight is 505 g/mol. The van der Waals surface area contributed by atoms with Crippen molar-refractivity contribution in [3.8, 4) is 5.75 Å². The largest absolute Gasteiger partial charge is 1.00 e. The molecule has 0 saturated carbocycles. The Kier molecular flexibility index (Phi) is 21.0. The minimum atomic E-state index is -4.31. The number of unbranched alkanes of at least 4 members (excludes halogenated alkanes) is 12. The van der Waals surface area contributed by atoms with Crippen LogP contribution >= 0.6 is 0 Å². The number of aryl methyl sites for hydroxylation is 2. The van der Waals surface area contributed by atoms with Gasteiger partial charge in [-0.2, -0.15) is 0 Å². The molecule has 0 bridgehead atoms. The van der Waals surface area contributed by atoms with Crippen LogP contribution in [0.25, 0.3) is 0 Å². The third-order valence-electron chi connectivity index (χ3n) is 6.38. The van der Waals surface area contributed by atoms with Crippen molar-refractivity contribution in [2.24, 2.45) is 0 Å². The summed E-state index contributed by atoms with van der Waals surface area (Å²) in [4.78, 5) is 0. The van der Waals surface area contributed by atoms with Gasteiger partial charge in [0.2, 0.25) is 0 Å². The molecule has 1 unspecified atom stereocenters. The molecule has 192 valence electrons. The fourth-order valence-electron chi connectivity index (χ4n) is 4.30. The Bertz CT molecular complexity index is 721. The third-order valence-corrected chi connectivity index (χ3v) is 7.16. The summed E-state index contributed by atoms with van der Waals surface area (Å²) in [5.41, 5.74) is 2.49. The zero-order valence-corrected chi connectivity index (χ0v) is 25.4. The Labute approximate surface area is 233 Å². The Balaban J connectivity index is 0.0000109. The van der Waals surface area contributed by atoms with Crippen LogP contribution in [0.2, 0.25) is 0 Å². The van der Waals surface area contributed by atoms with Gasteiger partial charge in [-0.25, -0.2) is 8.42 Å². The molecule has 0 fully saturated rings. The van der Waals surface area contributed by atoms with E-state index in [0.717, 1.165) is 30.6 Å². The maximum atomic E-state index is 11.2. The summed E-state index contributed by atoms with van der Waals surface area (Å²) in [6.45, 7) is 6.35. The predicted molar refractivity (Wildman–Crippen MR) is 139 cm³/mol. The zero-order valence-electron chi connectivity index (χ0n) is 22.6. The summed E-state index contributed by atoms with van der Waals surface area (Å²) in [6, 6.07) is 6.36. The summed E-state index contributed by atoms with van der Waals surface area (Å²) < 4.78 is 39.8. The Morgan fingerprint density at radius 1 is 0.765 bits per heavy atom. The Morgan fingerprint density at radius 2 is 1.26 bits per heavy atom. The molecule has 0 radical (unpaired) electrons. The van der Waals surface area contributed by atoms with E-state index in [0.29, 0.717) is 6.42 Å². The van der Waals surface area contributed by atoms with Gasteiger partial charge in [-0.05, 0) is 49.3 Å². The smallest absolute Gasteiger partial charge is 0.748 e. The van der Waals surface area contributed by atoms with E-state index in [1.807, 2.05) is 13.0 Å². The van der Waals surface area contributed by atoms with Gasteiger partial charge in [-0.3, -0.25) is 0 Å². The monoisotopic (exact) mass is 504 g/mol. The molecule has 0 saturated heterocycles. The van der Waals surface area contributed by atoms with Crippen LogP contribution in [-0.2, 0) is 23.0 Å². The van der Waals surface area contributed by atoms with E-state index in [1.165, 1.54) is 89.0 Å². The predicted octanol–water partition coefficient (Wildman–Crippen LogP) is 4.98. The Morgan fingerprint density at radius 3 is 1.76 bits per heavy atom. The number of benzene rings is 1. The molecule has 1 aromatic carbocycles. The first-order valence-electron chi connectivity index (χ1n) is 13.6.